The molecule has 0 aromatic carbocycles. The average Bonchev–Trinajstić information content (AvgIpc) is 2.66. The molecule has 4 nitrogen and oxygen atoms in total. The molecule has 1 fully saturated rings. The highest BCUT2D eigenvalue weighted by molar-refractivity contribution is 8.19. The van der Waals surface area contributed by atoms with E-state index in [4.69, 9.17) is 9.91 Å². The molecule has 1 unspecified atom stereocenters. The molecule has 1 saturated heterocycles. The Hall–Kier alpha value is 0.0169. The molecule has 1 aliphatic heterocycles. The molecule has 1 aliphatic rings. The number of carboxylic acids is 1. The van der Waals surface area contributed by atoms with Gasteiger partial charge in [-0.2, -0.15) is 0 Å². The third-order valence-corrected chi connectivity index (χ3v) is 13.4. The van der Waals surface area contributed by atoms with Crippen LogP contribution < -0.4 is 0 Å². The molecular formula is C21H40O4S2Si. The van der Waals surface area contributed by atoms with Crippen LogP contribution in [0.4, 0.5) is 0 Å². The Balaban J connectivity index is 3.02. The fourth-order valence-corrected chi connectivity index (χ4v) is 7.53. The van der Waals surface area contributed by atoms with Crippen molar-refractivity contribution in [2.75, 3.05) is 11.5 Å². The predicted molar refractivity (Wildman–Crippen MR) is 125 cm³/mol. The topological polar surface area (TPSA) is 63.6 Å². The third kappa shape index (κ3) is 8.03. The summed E-state index contributed by atoms with van der Waals surface area (Å²) in [6.45, 7) is 13.1. The van der Waals surface area contributed by atoms with Crippen LogP contribution in [0.5, 0.6) is 0 Å². The zero-order valence-electron chi connectivity index (χ0n) is 22.2. The summed E-state index contributed by atoms with van der Waals surface area (Å²) in [6.07, 6.45) is -1.81. The Kier molecular flexibility index (Phi) is 8.14. The summed E-state index contributed by atoms with van der Waals surface area (Å²) >= 11 is 2.68. The van der Waals surface area contributed by atoms with E-state index in [1.807, 2.05) is 0 Å². The minimum absolute atomic E-state index is 0.0638. The minimum atomic E-state index is -3.29. The molecule has 0 aromatic heterocycles. The van der Waals surface area contributed by atoms with Crippen LogP contribution in [-0.2, 0) is 14.0 Å². The maximum absolute atomic E-state index is 13.3. The third-order valence-electron chi connectivity index (χ3n) is 5.50. The standard InChI is InChI=1S/C21H40O4S2Si/c1-7-10-17(25-28(5,6)20(2,3)4)11-8-14-21(26-15-9-16-27-21)18(22)12-13-19(23)24/h17H,7-16H2,1-6H3,(H,23,24)/i12D2,13D2. The molecule has 0 amide bonds. The number of carbonyl (C=O) groups excluding carboxylic acids is 1. The van der Waals surface area contributed by atoms with E-state index < -0.39 is 36.9 Å². The van der Waals surface area contributed by atoms with Crippen molar-refractivity contribution in [3.05, 3.63) is 0 Å². The first-order chi connectivity index (χ1) is 14.4. The molecule has 0 spiro atoms. The quantitative estimate of drug-likeness (QED) is 0.348. The van der Waals surface area contributed by atoms with E-state index in [-0.39, 0.29) is 11.1 Å². The molecule has 28 heavy (non-hydrogen) atoms. The smallest absolute Gasteiger partial charge is 0.303 e. The van der Waals surface area contributed by atoms with E-state index in [1.54, 1.807) is 0 Å². The van der Waals surface area contributed by atoms with Gasteiger partial charge in [-0.05, 0) is 61.7 Å². The van der Waals surface area contributed by atoms with Gasteiger partial charge in [-0.1, -0.05) is 34.1 Å². The Labute approximate surface area is 187 Å². The van der Waals surface area contributed by atoms with E-state index in [2.05, 4.69) is 40.8 Å². The summed E-state index contributed by atoms with van der Waals surface area (Å²) in [6, 6.07) is 0. The molecule has 7 heteroatoms. The Morgan fingerprint density at radius 2 is 1.82 bits per heavy atom. The number of carbonyl (C=O) groups is 2. The van der Waals surface area contributed by atoms with E-state index in [0.29, 0.717) is 24.3 Å². The van der Waals surface area contributed by atoms with Gasteiger partial charge in [0.1, 0.15) is 4.08 Å². The normalized spacial score (nSPS) is 21.8. The largest absolute Gasteiger partial charge is 0.481 e. The van der Waals surface area contributed by atoms with Crippen molar-refractivity contribution < 1.29 is 24.6 Å². The highest BCUT2D eigenvalue weighted by Crippen LogP contribution is 2.47. The van der Waals surface area contributed by atoms with Crippen LogP contribution >= 0.6 is 23.5 Å². The zero-order chi connectivity index (χ0) is 25.0. The number of hydrogen-bond donors (Lipinski definition) is 1. The second-order valence-corrected chi connectivity index (χ2v) is 16.7. The summed E-state index contributed by atoms with van der Waals surface area (Å²) < 4.78 is 37.1. The van der Waals surface area contributed by atoms with Gasteiger partial charge in [0.25, 0.3) is 0 Å². The molecular weight excluding hydrogens is 408 g/mol. The summed E-state index contributed by atoms with van der Waals surface area (Å²) in [5.41, 5.74) is 0. The fourth-order valence-electron chi connectivity index (χ4n) is 2.91. The monoisotopic (exact) mass is 452 g/mol. The van der Waals surface area contributed by atoms with Crippen molar-refractivity contribution >= 4 is 43.6 Å². The maximum atomic E-state index is 13.3. The van der Waals surface area contributed by atoms with Gasteiger partial charge in [0.05, 0.1) is 6.37 Å². The Morgan fingerprint density at radius 1 is 1.21 bits per heavy atom. The van der Waals surface area contributed by atoms with Crippen LogP contribution in [0.1, 0.15) is 84.4 Å². The molecule has 0 bridgehead atoms. The number of ketones is 1. The second-order valence-electron chi connectivity index (χ2n) is 8.87. The number of rotatable bonds is 12. The number of hydrogen-bond acceptors (Lipinski definition) is 5. The molecule has 164 valence electrons. The van der Waals surface area contributed by atoms with Crippen LogP contribution in [-0.4, -0.2) is 46.9 Å². The van der Waals surface area contributed by atoms with Gasteiger partial charge in [-0.15, -0.1) is 23.5 Å². The van der Waals surface area contributed by atoms with E-state index in [1.165, 1.54) is 23.5 Å². The van der Waals surface area contributed by atoms with Crippen molar-refractivity contribution in [3.63, 3.8) is 0 Å². The molecule has 0 aromatic rings. The van der Waals surface area contributed by atoms with Gasteiger partial charge in [0.15, 0.2) is 14.1 Å². The van der Waals surface area contributed by atoms with E-state index in [0.717, 1.165) is 25.7 Å². The van der Waals surface area contributed by atoms with Gasteiger partial charge in [0, 0.05) is 18.0 Å². The molecule has 0 aliphatic carbocycles. The summed E-state index contributed by atoms with van der Waals surface area (Å²) in [7, 11) is -1.95. The van der Waals surface area contributed by atoms with Gasteiger partial charge in [-0.25, -0.2) is 0 Å². The first-order valence-corrected chi connectivity index (χ1v) is 15.1. The summed E-state index contributed by atoms with van der Waals surface area (Å²) in [5.74, 6) is -1.57. The van der Waals surface area contributed by atoms with Crippen LogP contribution in [0.25, 0.3) is 0 Å². The maximum Gasteiger partial charge on any atom is 0.303 e. The second kappa shape index (κ2) is 11.4. The Morgan fingerprint density at radius 3 is 2.32 bits per heavy atom. The van der Waals surface area contributed by atoms with Crippen LogP contribution in [0.2, 0.25) is 18.1 Å². The molecule has 0 saturated carbocycles. The first kappa shape index (κ1) is 19.9. The summed E-state index contributed by atoms with van der Waals surface area (Å²) in [4.78, 5) is 24.7. The number of thioether (sulfide) groups is 2. The van der Waals surface area contributed by atoms with Crippen molar-refractivity contribution in [2.45, 2.75) is 107 Å². The first-order valence-electron chi connectivity index (χ1n) is 12.2. The molecule has 1 N–H and O–H groups in total. The fraction of sp³-hybridized carbons (Fsp3) is 0.905. The predicted octanol–water partition coefficient (Wildman–Crippen LogP) is 6.35. The number of aliphatic carboxylic acids is 1. The van der Waals surface area contributed by atoms with Gasteiger partial charge < -0.3 is 9.53 Å². The SMILES string of the molecule is [2H]C([2H])(C(=O)O)C([2H])([2H])C(=O)C1(CCCC(CCC)O[Si](C)(C)C(C)(C)C)SCCCS1. The zero-order valence-corrected chi connectivity index (χ0v) is 20.9. The molecule has 1 heterocycles. The average molecular weight is 453 g/mol. The van der Waals surface area contributed by atoms with E-state index in [9.17, 15) is 14.7 Å². The van der Waals surface area contributed by atoms with Crippen molar-refractivity contribution in [1.82, 2.24) is 0 Å². The van der Waals surface area contributed by atoms with Crippen LogP contribution in [0, 0.1) is 0 Å². The van der Waals surface area contributed by atoms with Crippen molar-refractivity contribution in [1.29, 1.82) is 0 Å². The van der Waals surface area contributed by atoms with Gasteiger partial charge in [-0.3, -0.25) is 9.59 Å². The van der Waals surface area contributed by atoms with E-state index >= 15 is 0 Å². The van der Waals surface area contributed by atoms with Crippen molar-refractivity contribution in [3.8, 4) is 0 Å². The van der Waals surface area contributed by atoms with Gasteiger partial charge >= 0.3 is 5.97 Å². The lowest BCUT2D eigenvalue weighted by Crippen LogP contribution is -2.44. The highest BCUT2D eigenvalue weighted by atomic mass is 32.2. The van der Waals surface area contributed by atoms with Crippen LogP contribution in [0.15, 0.2) is 0 Å². The lowest BCUT2D eigenvalue weighted by Gasteiger charge is -2.40. The minimum Gasteiger partial charge on any atom is -0.481 e. The lowest BCUT2D eigenvalue weighted by molar-refractivity contribution is -0.138. The van der Waals surface area contributed by atoms with Gasteiger partial charge in [0.2, 0.25) is 0 Å². The highest BCUT2D eigenvalue weighted by Gasteiger charge is 2.41. The Bertz CT molecular complexity index is 663. The molecule has 0 radical (unpaired) electrons. The number of Topliss-reactive ketones (excluding diaryl/α,β-unsaturated/α-hetero) is 1. The van der Waals surface area contributed by atoms with Crippen LogP contribution in [0.3, 0.4) is 0 Å². The molecule has 1 atom stereocenters. The lowest BCUT2D eigenvalue weighted by atomic mass is 10.0. The summed E-state index contributed by atoms with van der Waals surface area (Å²) in [5, 5.41) is 9.28. The molecule has 1 rings (SSSR count). The number of carboxylic acid groups (broad SMARTS) is 1. The van der Waals surface area contributed by atoms with Crippen molar-refractivity contribution in [2.24, 2.45) is 0 Å².